The summed E-state index contributed by atoms with van der Waals surface area (Å²) < 4.78 is 15.3. The Morgan fingerprint density at radius 3 is 2.88 bits per heavy atom. The average Bonchev–Trinajstić information content (AvgIpc) is 2.74. The van der Waals surface area contributed by atoms with Gasteiger partial charge in [0.2, 0.25) is 0 Å². The highest BCUT2D eigenvalue weighted by molar-refractivity contribution is 7.75. The van der Waals surface area contributed by atoms with Crippen LogP contribution in [0.25, 0.3) is 0 Å². The number of hydrogen-bond acceptors (Lipinski definition) is 4. The molecule has 0 aromatic carbocycles. The Balaban J connectivity index is 2.69. The molecule has 0 saturated heterocycles. The second-order valence-corrected chi connectivity index (χ2v) is 6.15. The van der Waals surface area contributed by atoms with Crippen LogP contribution in [0.2, 0.25) is 0 Å². The van der Waals surface area contributed by atoms with Crippen LogP contribution in [0.1, 0.15) is 31.6 Å². The predicted octanol–water partition coefficient (Wildman–Crippen LogP) is 2.61. The van der Waals surface area contributed by atoms with E-state index in [2.05, 4.69) is 4.36 Å². The van der Waals surface area contributed by atoms with Gasteiger partial charge in [-0.25, -0.2) is 4.21 Å². The summed E-state index contributed by atoms with van der Waals surface area (Å²) in [7, 11) is -2.05. The number of amides is 1. The molecule has 0 aliphatic heterocycles. The molecule has 1 aromatic rings. The van der Waals surface area contributed by atoms with Gasteiger partial charge < -0.3 is 0 Å². The molecule has 6 heteroatoms. The van der Waals surface area contributed by atoms with Gasteiger partial charge in [0.15, 0.2) is 0 Å². The van der Waals surface area contributed by atoms with Crippen LogP contribution >= 0.6 is 11.3 Å². The molecular formula is C11H14N2O2S2. The Morgan fingerprint density at radius 1 is 1.65 bits per heavy atom. The minimum Gasteiger partial charge on any atom is -0.272 e. The number of carbonyl (C=O) groups excluding carboxylic acids is 1. The number of carbonyl (C=O) groups is 1. The quantitative estimate of drug-likeness (QED) is 0.855. The van der Waals surface area contributed by atoms with E-state index in [4.69, 9.17) is 5.26 Å². The van der Waals surface area contributed by atoms with E-state index in [1.165, 1.54) is 17.4 Å². The first-order chi connectivity index (χ1) is 8.02. The van der Waals surface area contributed by atoms with Crippen LogP contribution in [0.5, 0.6) is 0 Å². The Morgan fingerprint density at radius 2 is 2.35 bits per heavy atom. The Labute approximate surface area is 106 Å². The summed E-state index contributed by atoms with van der Waals surface area (Å²) in [5.41, 5.74) is 0. The topological polar surface area (TPSA) is 70.3 Å². The van der Waals surface area contributed by atoms with Crippen LogP contribution < -0.4 is 0 Å². The van der Waals surface area contributed by atoms with Crippen molar-refractivity contribution in [3.05, 3.63) is 16.3 Å². The van der Waals surface area contributed by atoms with Crippen molar-refractivity contribution >= 4 is 27.8 Å². The molecule has 1 heterocycles. The first kappa shape index (κ1) is 13.9. The van der Waals surface area contributed by atoms with Gasteiger partial charge in [-0.1, -0.05) is 13.8 Å². The van der Waals surface area contributed by atoms with Gasteiger partial charge in [-0.15, -0.1) is 11.3 Å². The first-order valence-electron chi connectivity index (χ1n) is 5.23. The summed E-state index contributed by atoms with van der Waals surface area (Å²) in [5.74, 6) is 0.0999. The fourth-order valence-electron chi connectivity index (χ4n) is 1.11. The van der Waals surface area contributed by atoms with Gasteiger partial charge >= 0.3 is 0 Å². The molecule has 0 fully saturated rings. The van der Waals surface area contributed by atoms with Gasteiger partial charge in [0.25, 0.3) is 5.91 Å². The van der Waals surface area contributed by atoms with Crippen molar-refractivity contribution in [2.45, 2.75) is 31.6 Å². The van der Waals surface area contributed by atoms with Crippen LogP contribution in [-0.2, 0) is 15.4 Å². The molecule has 1 aromatic heterocycles. The van der Waals surface area contributed by atoms with Crippen molar-refractivity contribution in [2.24, 2.45) is 10.3 Å². The van der Waals surface area contributed by atoms with E-state index in [0.29, 0.717) is 22.1 Å². The number of rotatable bonds is 4. The molecule has 1 atom stereocenters. The SMILES string of the molecule is CC(C)CCC(=O)/N=[SH](=O)/c1csc(C#N)c1. The highest BCUT2D eigenvalue weighted by Gasteiger charge is 2.04. The number of nitrogens with zero attached hydrogens (tertiary/aromatic N) is 2. The lowest BCUT2D eigenvalue weighted by Gasteiger charge is -1.99. The zero-order valence-corrected chi connectivity index (χ0v) is 11.4. The van der Waals surface area contributed by atoms with Gasteiger partial charge in [0.1, 0.15) is 10.9 Å². The average molecular weight is 270 g/mol. The molecule has 4 nitrogen and oxygen atoms in total. The molecule has 0 spiro atoms. The second kappa shape index (κ2) is 6.52. The Bertz CT molecular complexity index is 520. The molecule has 17 heavy (non-hydrogen) atoms. The third kappa shape index (κ3) is 4.67. The highest BCUT2D eigenvalue weighted by Crippen LogP contribution is 2.15. The standard InChI is InChI=1S/C11H14N2O2S2/c1-8(2)3-4-11(14)13-17(15)10-5-9(6-12)16-7-10/h5,7-8,17H,3-4H2,1-2H3. The number of nitriles is 1. The number of thiol groups is 1. The minimum atomic E-state index is -2.05. The summed E-state index contributed by atoms with van der Waals surface area (Å²) in [6, 6.07) is 3.48. The van der Waals surface area contributed by atoms with Crippen molar-refractivity contribution in [1.82, 2.24) is 0 Å². The van der Waals surface area contributed by atoms with E-state index < -0.39 is 10.6 Å². The van der Waals surface area contributed by atoms with Crippen LogP contribution in [0.15, 0.2) is 20.7 Å². The van der Waals surface area contributed by atoms with Gasteiger partial charge in [-0.2, -0.15) is 9.62 Å². The van der Waals surface area contributed by atoms with Gasteiger partial charge in [0, 0.05) is 11.8 Å². The maximum Gasteiger partial charge on any atom is 0.253 e. The Hall–Kier alpha value is -1.19. The molecule has 0 saturated carbocycles. The molecule has 0 N–H and O–H groups in total. The van der Waals surface area contributed by atoms with Crippen molar-refractivity contribution in [2.75, 3.05) is 0 Å². The number of thiophene rings is 1. The van der Waals surface area contributed by atoms with E-state index in [1.807, 2.05) is 19.9 Å². The second-order valence-electron chi connectivity index (χ2n) is 3.98. The highest BCUT2D eigenvalue weighted by atomic mass is 32.2. The first-order valence-corrected chi connectivity index (χ1v) is 7.32. The maximum absolute atomic E-state index is 11.7. The van der Waals surface area contributed by atoms with Crippen molar-refractivity contribution in [3.8, 4) is 6.07 Å². The van der Waals surface area contributed by atoms with Crippen LogP contribution in [0, 0.1) is 17.2 Å². The fraction of sp³-hybridized carbons (Fsp3) is 0.455. The third-order valence-electron chi connectivity index (χ3n) is 2.05. The summed E-state index contributed by atoms with van der Waals surface area (Å²) in [5, 5.41) is 10.2. The van der Waals surface area contributed by atoms with E-state index >= 15 is 0 Å². The summed E-state index contributed by atoms with van der Waals surface area (Å²) in [6.45, 7) is 4.04. The lowest BCUT2D eigenvalue weighted by molar-refractivity contribution is -0.117. The van der Waals surface area contributed by atoms with E-state index in [9.17, 15) is 9.00 Å². The summed E-state index contributed by atoms with van der Waals surface area (Å²) >= 11 is 1.21. The van der Waals surface area contributed by atoms with E-state index in [1.54, 1.807) is 5.38 Å². The number of hydrogen-bond donors (Lipinski definition) is 1. The molecule has 1 rings (SSSR count). The van der Waals surface area contributed by atoms with Crippen LogP contribution in [0.3, 0.4) is 0 Å². The third-order valence-corrected chi connectivity index (χ3v) is 4.17. The molecular weight excluding hydrogens is 256 g/mol. The maximum atomic E-state index is 11.7. The van der Waals surface area contributed by atoms with Crippen molar-refractivity contribution in [1.29, 1.82) is 5.26 Å². The molecule has 0 bridgehead atoms. The van der Waals surface area contributed by atoms with E-state index in [-0.39, 0.29) is 5.91 Å². The summed E-state index contributed by atoms with van der Waals surface area (Å²) in [4.78, 5) is 12.3. The van der Waals surface area contributed by atoms with E-state index in [0.717, 1.165) is 6.42 Å². The van der Waals surface area contributed by atoms with Crippen molar-refractivity contribution in [3.63, 3.8) is 0 Å². The van der Waals surface area contributed by atoms with Gasteiger partial charge in [0.05, 0.1) is 15.5 Å². The monoisotopic (exact) mass is 270 g/mol. The predicted molar refractivity (Wildman–Crippen MR) is 68.3 cm³/mol. The zero-order chi connectivity index (χ0) is 12.8. The van der Waals surface area contributed by atoms with Crippen molar-refractivity contribution < 1.29 is 9.00 Å². The lowest BCUT2D eigenvalue weighted by atomic mass is 10.1. The largest absolute Gasteiger partial charge is 0.272 e. The van der Waals surface area contributed by atoms with Gasteiger partial charge in [-0.05, 0) is 18.4 Å². The van der Waals surface area contributed by atoms with Gasteiger partial charge in [-0.3, -0.25) is 4.79 Å². The van der Waals surface area contributed by atoms with Crippen LogP contribution in [0.4, 0.5) is 0 Å². The fourth-order valence-corrected chi connectivity index (χ4v) is 2.93. The normalized spacial score (nSPS) is 12.6. The molecule has 92 valence electrons. The van der Waals surface area contributed by atoms with Crippen LogP contribution in [-0.4, -0.2) is 10.1 Å². The minimum absolute atomic E-state index is 0.327. The summed E-state index contributed by atoms with van der Waals surface area (Å²) in [6.07, 6.45) is 1.08. The molecule has 1 unspecified atom stereocenters. The Kier molecular flexibility index (Phi) is 5.32. The lowest BCUT2D eigenvalue weighted by Crippen LogP contribution is -1.97. The molecule has 0 radical (unpaired) electrons. The molecule has 0 aliphatic rings. The smallest absolute Gasteiger partial charge is 0.253 e. The molecule has 0 aliphatic carbocycles. The molecule has 1 amide bonds. The zero-order valence-electron chi connectivity index (χ0n) is 9.71.